The van der Waals surface area contributed by atoms with Crippen LogP contribution in [0.3, 0.4) is 0 Å². The molecule has 1 aromatic rings. The zero-order chi connectivity index (χ0) is 27.7. The molecule has 206 valence electrons. The Kier molecular flexibility index (Phi) is 11.6. The molecule has 2 aliphatic heterocycles. The van der Waals surface area contributed by atoms with Gasteiger partial charge in [-0.25, -0.2) is 0 Å². The van der Waals surface area contributed by atoms with E-state index in [0.29, 0.717) is 12.2 Å². The van der Waals surface area contributed by atoms with E-state index >= 15 is 0 Å². The van der Waals surface area contributed by atoms with Crippen molar-refractivity contribution in [3.63, 3.8) is 0 Å². The minimum Gasteiger partial charge on any atom is -0.487 e. The number of ether oxygens (including phenoxy) is 1. The number of hydrogen-bond acceptors (Lipinski definition) is 5. The molecule has 8 heteroatoms. The van der Waals surface area contributed by atoms with Crippen LogP contribution < -0.4 is 20.7 Å². The molecular weight excluding hydrogens is 468 g/mol. The van der Waals surface area contributed by atoms with E-state index in [9.17, 15) is 14.4 Å². The van der Waals surface area contributed by atoms with Crippen molar-refractivity contribution >= 4 is 23.8 Å². The molecule has 8 nitrogen and oxygen atoms in total. The molecule has 0 saturated heterocycles. The molecule has 5 atom stereocenters. The van der Waals surface area contributed by atoms with Gasteiger partial charge in [-0.1, -0.05) is 60.1 Å². The first kappa shape index (κ1) is 30.4. The van der Waals surface area contributed by atoms with Gasteiger partial charge in [-0.05, 0) is 68.5 Å². The minimum atomic E-state index is -0.996. The molecule has 0 aliphatic carbocycles. The maximum Gasteiger partial charge on any atom is 0.247 e. The average Bonchev–Trinajstić information content (AvgIpc) is 2.80. The second kappa shape index (κ2) is 14.2. The van der Waals surface area contributed by atoms with Crippen LogP contribution >= 0.6 is 0 Å². The Bertz CT molecular complexity index is 926. The third-order valence-corrected chi connectivity index (χ3v) is 6.67. The van der Waals surface area contributed by atoms with Crippen LogP contribution in [-0.4, -0.2) is 60.9 Å². The topological polar surface area (TPSA) is 99.8 Å². The zero-order valence-electron chi connectivity index (χ0n) is 23.7. The molecule has 2 aliphatic rings. The largest absolute Gasteiger partial charge is 0.487 e. The summed E-state index contributed by atoms with van der Waals surface area (Å²) >= 11 is 0. The standard InChI is InChI=1S/C29H46N4O4/c1-9-10-20(6)25(33(7)8)29(36)32-24-26(19(4)5)37-22-13-11-21(12-14-22)15-16-30-27(34)23(17-18(2)3)31-28(24)35/h11-16,18-20,23-26H,9-10,17H2,1-8H3,(H,30,34)(H,31,35)(H,32,36). The quantitative estimate of drug-likeness (QED) is 0.468. The van der Waals surface area contributed by atoms with E-state index in [1.165, 1.54) is 0 Å². The van der Waals surface area contributed by atoms with Gasteiger partial charge in [-0.15, -0.1) is 0 Å². The van der Waals surface area contributed by atoms with Crippen LogP contribution in [0.15, 0.2) is 30.5 Å². The number of hydrogen-bond donors (Lipinski definition) is 3. The number of likely N-dealkylation sites (N-methyl/N-ethyl adjacent to an activating group) is 1. The van der Waals surface area contributed by atoms with Crippen LogP contribution in [-0.2, 0) is 14.4 Å². The van der Waals surface area contributed by atoms with Gasteiger partial charge in [0, 0.05) is 6.20 Å². The van der Waals surface area contributed by atoms with Gasteiger partial charge in [-0.2, -0.15) is 0 Å². The Morgan fingerprint density at radius 2 is 1.70 bits per heavy atom. The number of rotatable bonds is 9. The summed E-state index contributed by atoms with van der Waals surface area (Å²) in [6.45, 7) is 12.1. The van der Waals surface area contributed by atoms with Crippen LogP contribution in [0, 0.1) is 17.8 Å². The summed E-state index contributed by atoms with van der Waals surface area (Å²) in [5, 5.41) is 8.72. The van der Waals surface area contributed by atoms with Gasteiger partial charge < -0.3 is 20.7 Å². The molecule has 2 heterocycles. The van der Waals surface area contributed by atoms with Gasteiger partial charge in [0.2, 0.25) is 17.7 Å². The Morgan fingerprint density at radius 1 is 1.05 bits per heavy atom. The summed E-state index contributed by atoms with van der Waals surface area (Å²) in [7, 11) is 3.75. The lowest BCUT2D eigenvalue weighted by Crippen LogP contribution is -2.62. The summed E-state index contributed by atoms with van der Waals surface area (Å²) in [5.74, 6) is -0.210. The van der Waals surface area contributed by atoms with Crippen LogP contribution in [0.4, 0.5) is 0 Å². The minimum absolute atomic E-state index is 0.0961. The molecular formula is C29H46N4O4. The smallest absolute Gasteiger partial charge is 0.247 e. The maximum atomic E-state index is 13.8. The van der Waals surface area contributed by atoms with E-state index in [0.717, 1.165) is 18.4 Å². The van der Waals surface area contributed by atoms with E-state index in [1.54, 1.807) is 12.3 Å². The molecule has 0 saturated carbocycles. The van der Waals surface area contributed by atoms with Gasteiger partial charge in [0.1, 0.15) is 23.9 Å². The van der Waals surface area contributed by atoms with Gasteiger partial charge in [-0.3, -0.25) is 19.3 Å². The van der Waals surface area contributed by atoms with Crippen LogP contribution in [0.2, 0.25) is 0 Å². The van der Waals surface area contributed by atoms with Crippen molar-refractivity contribution < 1.29 is 19.1 Å². The highest BCUT2D eigenvalue weighted by molar-refractivity contribution is 5.94. The molecule has 1 aromatic carbocycles. The molecule has 5 unspecified atom stereocenters. The van der Waals surface area contributed by atoms with Crippen molar-refractivity contribution in [2.75, 3.05) is 14.1 Å². The Balaban J connectivity index is 2.51. The number of amides is 3. The molecule has 0 fully saturated rings. The summed E-state index contributed by atoms with van der Waals surface area (Å²) in [5.41, 5.74) is 0.902. The van der Waals surface area contributed by atoms with Crippen LogP contribution in [0.5, 0.6) is 5.75 Å². The van der Waals surface area contributed by atoms with Crippen LogP contribution in [0.1, 0.15) is 66.4 Å². The molecule has 0 aromatic heterocycles. The summed E-state index contributed by atoms with van der Waals surface area (Å²) in [6, 6.07) is 5.26. The molecule has 3 rings (SSSR count). The molecule has 0 spiro atoms. The monoisotopic (exact) mass is 514 g/mol. The van der Waals surface area contributed by atoms with E-state index in [4.69, 9.17) is 4.74 Å². The Labute approximate surface area is 222 Å². The van der Waals surface area contributed by atoms with Crippen molar-refractivity contribution in [2.24, 2.45) is 17.8 Å². The fraction of sp³-hybridized carbons (Fsp3) is 0.621. The van der Waals surface area contributed by atoms with Crippen molar-refractivity contribution in [1.82, 2.24) is 20.9 Å². The van der Waals surface area contributed by atoms with Crippen LogP contribution in [0.25, 0.3) is 6.08 Å². The zero-order valence-corrected chi connectivity index (χ0v) is 23.7. The molecule has 37 heavy (non-hydrogen) atoms. The van der Waals surface area contributed by atoms with Gasteiger partial charge in [0.15, 0.2) is 0 Å². The number of carbonyl (C=O) groups excluding carboxylic acids is 3. The summed E-state index contributed by atoms with van der Waals surface area (Å²) in [6.07, 6.45) is 5.02. The molecule has 3 amide bonds. The normalized spacial score (nSPS) is 22.3. The van der Waals surface area contributed by atoms with E-state index in [1.807, 2.05) is 71.0 Å². The Morgan fingerprint density at radius 3 is 2.24 bits per heavy atom. The second-order valence-electron chi connectivity index (χ2n) is 11.1. The van der Waals surface area contributed by atoms with E-state index in [2.05, 4.69) is 29.8 Å². The molecule has 3 N–H and O–H groups in total. The van der Waals surface area contributed by atoms with Crippen molar-refractivity contribution in [3.05, 3.63) is 36.0 Å². The van der Waals surface area contributed by atoms with Gasteiger partial charge >= 0.3 is 0 Å². The third kappa shape index (κ3) is 8.88. The van der Waals surface area contributed by atoms with Crippen molar-refractivity contribution in [2.45, 2.75) is 85.0 Å². The lowest BCUT2D eigenvalue weighted by molar-refractivity contribution is -0.137. The Hall–Kier alpha value is -2.87. The summed E-state index contributed by atoms with van der Waals surface area (Å²) < 4.78 is 6.34. The first-order valence-electron chi connectivity index (χ1n) is 13.4. The third-order valence-electron chi connectivity index (χ3n) is 6.67. The van der Waals surface area contributed by atoms with E-state index in [-0.39, 0.29) is 29.6 Å². The van der Waals surface area contributed by atoms with Crippen molar-refractivity contribution in [3.8, 4) is 5.75 Å². The number of nitrogens with one attached hydrogen (secondary N) is 3. The van der Waals surface area contributed by atoms with Gasteiger partial charge in [0.05, 0.1) is 6.04 Å². The average molecular weight is 515 g/mol. The fourth-order valence-electron chi connectivity index (χ4n) is 4.84. The molecule has 2 bridgehead atoms. The SMILES string of the molecule is CCCC(C)C(C(=O)NC1C(=O)NC(CC(C)C)C(=O)NC=Cc2ccc(cc2)OC1C(C)C)N(C)C. The van der Waals surface area contributed by atoms with E-state index < -0.39 is 30.1 Å². The first-order chi connectivity index (χ1) is 17.4. The lowest BCUT2D eigenvalue weighted by atomic mass is 9.93. The summed E-state index contributed by atoms with van der Waals surface area (Å²) in [4.78, 5) is 42.3. The highest BCUT2D eigenvalue weighted by Crippen LogP contribution is 2.22. The number of benzene rings is 1. The number of carbonyl (C=O) groups is 3. The van der Waals surface area contributed by atoms with Crippen molar-refractivity contribution in [1.29, 1.82) is 0 Å². The first-order valence-corrected chi connectivity index (χ1v) is 13.4. The highest BCUT2D eigenvalue weighted by atomic mass is 16.5. The highest BCUT2D eigenvalue weighted by Gasteiger charge is 2.38. The predicted molar refractivity (Wildman–Crippen MR) is 148 cm³/mol. The maximum absolute atomic E-state index is 13.8. The van der Waals surface area contributed by atoms with Gasteiger partial charge in [0.25, 0.3) is 0 Å². The second-order valence-corrected chi connectivity index (χ2v) is 11.1. The number of nitrogens with zero attached hydrogens (tertiary/aromatic N) is 1. The lowest BCUT2D eigenvalue weighted by Gasteiger charge is -2.35. The predicted octanol–water partition coefficient (Wildman–Crippen LogP) is 3.57. The number of fused-ring (bicyclic) bond motifs is 10. The molecule has 0 radical (unpaired) electrons. The fourth-order valence-corrected chi connectivity index (χ4v) is 4.84.